The molecule has 0 spiro atoms. The second kappa shape index (κ2) is 9.94. The average molecular weight is 420 g/mol. The van der Waals surface area contributed by atoms with Crippen LogP contribution in [0.25, 0.3) is 0 Å². The first-order chi connectivity index (χ1) is 15.1. The predicted octanol–water partition coefficient (Wildman–Crippen LogP) is 5.15. The number of furan rings is 1. The first-order valence-electron chi connectivity index (χ1n) is 10.8. The molecule has 5 nitrogen and oxygen atoms in total. The number of hydrogen-bond donors (Lipinski definition) is 0. The molecule has 0 radical (unpaired) electrons. The third-order valence-corrected chi connectivity index (χ3v) is 5.77. The summed E-state index contributed by atoms with van der Waals surface area (Å²) in [5, 5.41) is 0. The van der Waals surface area contributed by atoms with E-state index in [1.165, 1.54) is 23.8 Å². The van der Waals surface area contributed by atoms with Crippen LogP contribution in [0.5, 0.6) is 0 Å². The van der Waals surface area contributed by atoms with Crippen LogP contribution in [0.4, 0.5) is 0 Å². The van der Waals surface area contributed by atoms with Crippen LogP contribution < -0.4 is 0 Å². The van der Waals surface area contributed by atoms with Crippen LogP contribution in [0.15, 0.2) is 71.1 Å². The van der Waals surface area contributed by atoms with Gasteiger partial charge >= 0.3 is 5.97 Å². The van der Waals surface area contributed by atoms with Gasteiger partial charge in [0.05, 0.1) is 19.8 Å². The number of ether oxygens (including phenoxy) is 2. The van der Waals surface area contributed by atoms with Gasteiger partial charge < -0.3 is 13.9 Å². The Morgan fingerprint density at radius 2 is 1.68 bits per heavy atom. The summed E-state index contributed by atoms with van der Waals surface area (Å²) in [5.41, 5.74) is 3.61. The highest BCUT2D eigenvalue weighted by Crippen LogP contribution is 2.30. The first kappa shape index (κ1) is 21.3. The Morgan fingerprint density at radius 1 is 1.00 bits per heavy atom. The molecule has 5 heteroatoms. The molecule has 1 aromatic heterocycles. The summed E-state index contributed by atoms with van der Waals surface area (Å²) < 4.78 is 17.0. The van der Waals surface area contributed by atoms with Crippen molar-refractivity contribution in [2.75, 3.05) is 20.2 Å². The molecule has 2 heterocycles. The molecule has 1 unspecified atom stereocenters. The van der Waals surface area contributed by atoms with E-state index in [2.05, 4.69) is 60.4 Å². The number of hydrogen-bond acceptors (Lipinski definition) is 5. The first-order valence-corrected chi connectivity index (χ1v) is 10.8. The normalized spacial score (nSPS) is 16.2. The van der Waals surface area contributed by atoms with Gasteiger partial charge in [0.2, 0.25) is 5.76 Å². The van der Waals surface area contributed by atoms with Crippen LogP contribution in [0.3, 0.4) is 0 Å². The molecule has 0 bridgehead atoms. The Labute approximate surface area is 183 Å². The van der Waals surface area contributed by atoms with Crippen molar-refractivity contribution in [3.05, 3.63) is 94.9 Å². The Kier molecular flexibility index (Phi) is 6.85. The second-order valence-corrected chi connectivity index (χ2v) is 8.07. The molecule has 4 rings (SSSR count). The Balaban J connectivity index is 1.37. The summed E-state index contributed by atoms with van der Waals surface area (Å²) in [4.78, 5) is 13.9. The van der Waals surface area contributed by atoms with E-state index in [0.29, 0.717) is 6.54 Å². The van der Waals surface area contributed by atoms with Gasteiger partial charge in [0.15, 0.2) is 0 Å². The van der Waals surface area contributed by atoms with Gasteiger partial charge in [-0.2, -0.15) is 0 Å². The minimum atomic E-state index is -0.443. The summed E-state index contributed by atoms with van der Waals surface area (Å²) in [7, 11) is 1.36. The van der Waals surface area contributed by atoms with E-state index in [0.717, 1.165) is 31.7 Å². The van der Waals surface area contributed by atoms with Gasteiger partial charge in [0.1, 0.15) is 11.9 Å². The van der Waals surface area contributed by atoms with Crippen molar-refractivity contribution in [1.82, 2.24) is 4.90 Å². The third kappa shape index (κ3) is 5.43. The highest BCUT2D eigenvalue weighted by Gasteiger charge is 2.25. The quantitative estimate of drug-likeness (QED) is 0.496. The van der Waals surface area contributed by atoms with Crippen molar-refractivity contribution in [2.45, 2.75) is 38.5 Å². The van der Waals surface area contributed by atoms with Crippen molar-refractivity contribution < 1.29 is 18.7 Å². The zero-order valence-corrected chi connectivity index (χ0v) is 18.1. The zero-order chi connectivity index (χ0) is 21.6. The van der Waals surface area contributed by atoms with Gasteiger partial charge in [-0.3, -0.25) is 4.90 Å². The largest absolute Gasteiger partial charge is 0.463 e. The maximum atomic E-state index is 11.6. The molecule has 0 saturated carbocycles. The van der Waals surface area contributed by atoms with E-state index < -0.39 is 5.97 Å². The average Bonchev–Trinajstić information content (AvgIpc) is 3.28. The number of methoxy groups -OCH3 is 1. The molecule has 2 aromatic carbocycles. The standard InChI is InChI=1S/C26H29NO4/c1-19-8-10-21(11-9-19)25(20-6-4-3-5-7-20)31-22-14-16-27(17-15-22)18-23-12-13-24(30-23)26(28)29-2/h3-13,22,25H,14-18H2,1-2H3. The van der Waals surface area contributed by atoms with Crippen LogP contribution in [0.2, 0.25) is 0 Å². The van der Waals surface area contributed by atoms with Crippen LogP contribution in [-0.2, 0) is 16.0 Å². The van der Waals surface area contributed by atoms with Crippen molar-refractivity contribution in [2.24, 2.45) is 0 Å². The second-order valence-electron chi connectivity index (χ2n) is 8.07. The van der Waals surface area contributed by atoms with Crippen LogP contribution in [0.1, 0.15) is 52.0 Å². The lowest BCUT2D eigenvalue weighted by Crippen LogP contribution is -2.37. The molecular formula is C26H29NO4. The van der Waals surface area contributed by atoms with Gasteiger partial charge in [-0.1, -0.05) is 60.2 Å². The molecule has 1 fully saturated rings. The molecule has 0 N–H and O–H groups in total. The summed E-state index contributed by atoms with van der Waals surface area (Å²) >= 11 is 0. The number of esters is 1. The number of piperidine rings is 1. The number of carbonyl (C=O) groups is 1. The Morgan fingerprint density at radius 3 is 2.35 bits per heavy atom. The summed E-state index contributed by atoms with van der Waals surface area (Å²) in [5.74, 6) is 0.586. The van der Waals surface area contributed by atoms with E-state index in [4.69, 9.17) is 13.9 Å². The number of carbonyl (C=O) groups excluding carboxylic acids is 1. The lowest BCUT2D eigenvalue weighted by Gasteiger charge is -2.33. The van der Waals surface area contributed by atoms with E-state index in [1.807, 2.05) is 12.1 Å². The van der Waals surface area contributed by atoms with Gasteiger partial charge in [-0.15, -0.1) is 0 Å². The lowest BCUT2D eigenvalue weighted by atomic mass is 9.99. The topological polar surface area (TPSA) is 51.9 Å². The fraction of sp³-hybridized carbons (Fsp3) is 0.346. The Hall–Kier alpha value is -2.89. The van der Waals surface area contributed by atoms with Gasteiger partial charge in [0.25, 0.3) is 0 Å². The lowest BCUT2D eigenvalue weighted by molar-refractivity contribution is -0.0289. The van der Waals surface area contributed by atoms with Crippen molar-refractivity contribution in [3.8, 4) is 0 Å². The zero-order valence-electron chi connectivity index (χ0n) is 18.1. The van der Waals surface area contributed by atoms with Gasteiger partial charge in [-0.25, -0.2) is 4.79 Å². The summed E-state index contributed by atoms with van der Waals surface area (Å²) in [6.45, 7) is 4.64. The number of aryl methyl sites for hydroxylation is 1. The number of likely N-dealkylation sites (tertiary alicyclic amines) is 1. The smallest absolute Gasteiger partial charge is 0.373 e. The van der Waals surface area contributed by atoms with E-state index in [1.54, 1.807) is 6.07 Å². The summed E-state index contributed by atoms with van der Waals surface area (Å²) in [6, 6.07) is 22.6. The molecule has 1 aliphatic rings. The van der Waals surface area contributed by atoms with Crippen molar-refractivity contribution >= 4 is 5.97 Å². The fourth-order valence-electron chi connectivity index (χ4n) is 4.01. The molecular weight excluding hydrogens is 390 g/mol. The number of benzene rings is 2. The third-order valence-electron chi connectivity index (χ3n) is 5.77. The molecule has 31 heavy (non-hydrogen) atoms. The molecule has 162 valence electrons. The number of rotatable bonds is 7. The van der Waals surface area contributed by atoms with E-state index in [-0.39, 0.29) is 18.0 Å². The molecule has 1 aliphatic heterocycles. The predicted molar refractivity (Wildman–Crippen MR) is 119 cm³/mol. The highest BCUT2D eigenvalue weighted by atomic mass is 16.5. The van der Waals surface area contributed by atoms with Crippen LogP contribution in [-0.4, -0.2) is 37.2 Å². The molecule has 0 amide bonds. The molecule has 0 aliphatic carbocycles. The molecule has 1 atom stereocenters. The maximum Gasteiger partial charge on any atom is 0.373 e. The SMILES string of the molecule is COC(=O)c1ccc(CN2CCC(OC(c3ccccc3)c3ccc(C)cc3)CC2)o1. The minimum Gasteiger partial charge on any atom is -0.463 e. The highest BCUT2D eigenvalue weighted by molar-refractivity contribution is 5.86. The maximum absolute atomic E-state index is 11.6. The number of nitrogens with zero attached hydrogens (tertiary/aromatic N) is 1. The van der Waals surface area contributed by atoms with Crippen LogP contribution >= 0.6 is 0 Å². The minimum absolute atomic E-state index is 0.0639. The fourth-order valence-corrected chi connectivity index (χ4v) is 4.01. The Bertz CT molecular complexity index is 972. The van der Waals surface area contributed by atoms with Crippen molar-refractivity contribution in [1.29, 1.82) is 0 Å². The van der Waals surface area contributed by atoms with Gasteiger partial charge in [0, 0.05) is 13.1 Å². The van der Waals surface area contributed by atoms with Crippen LogP contribution in [0, 0.1) is 6.92 Å². The monoisotopic (exact) mass is 419 g/mol. The van der Waals surface area contributed by atoms with E-state index in [9.17, 15) is 4.79 Å². The molecule has 3 aromatic rings. The molecule has 1 saturated heterocycles. The summed E-state index contributed by atoms with van der Waals surface area (Å²) in [6.07, 6.45) is 2.05. The van der Waals surface area contributed by atoms with Crippen molar-refractivity contribution in [3.63, 3.8) is 0 Å². The van der Waals surface area contributed by atoms with Gasteiger partial charge in [-0.05, 0) is 43.0 Å². The van der Waals surface area contributed by atoms with E-state index >= 15 is 0 Å².